The van der Waals surface area contributed by atoms with Crippen LogP contribution in [-0.2, 0) is 25.2 Å². The molecule has 27 heavy (non-hydrogen) atoms. The van der Waals surface area contributed by atoms with Gasteiger partial charge in [-0.3, -0.25) is 9.78 Å². The van der Waals surface area contributed by atoms with E-state index in [1.54, 1.807) is 6.20 Å². The number of allylic oxidation sites excluding steroid dienone is 2. The number of ketones is 1. The van der Waals surface area contributed by atoms with Gasteiger partial charge in [-0.2, -0.15) is 32.0 Å². The number of aryl methyl sites for hydroxylation is 2. The quantitative estimate of drug-likeness (QED) is 0.284. The fourth-order valence-electron chi connectivity index (χ4n) is 1.72. The summed E-state index contributed by atoms with van der Waals surface area (Å²) in [4.78, 5) is 18.5. The summed E-state index contributed by atoms with van der Waals surface area (Å²) in [5.41, 5.74) is 4.19. The minimum Gasteiger partial charge on any atom is -0.869 e. The molecule has 2 rings (SSSR count). The van der Waals surface area contributed by atoms with Crippen LogP contribution in [0.25, 0.3) is 11.4 Å². The first kappa shape index (κ1) is 24.9. The largest absolute Gasteiger partial charge is 2.00 e. The van der Waals surface area contributed by atoms with E-state index in [0.717, 1.165) is 17.1 Å². The van der Waals surface area contributed by atoms with Gasteiger partial charge in [0.25, 0.3) is 5.78 Å². The Morgan fingerprint density at radius 1 is 1.11 bits per heavy atom. The molecule has 11 heteroatoms. The Morgan fingerprint density at radius 2 is 1.70 bits per heavy atom. The molecule has 0 aliphatic heterocycles. The van der Waals surface area contributed by atoms with Gasteiger partial charge in [-0.1, -0.05) is 24.6 Å². The molecule has 0 N–H and O–H groups in total. The van der Waals surface area contributed by atoms with Gasteiger partial charge in [-0.15, -0.1) is 5.69 Å². The van der Waals surface area contributed by atoms with Crippen molar-refractivity contribution in [2.45, 2.75) is 26.2 Å². The van der Waals surface area contributed by atoms with E-state index in [9.17, 15) is 36.2 Å². The smallest absolute Gasteiger partial charge is 0.869 e. The predicted molar refractivity (Wildman–Crippen MR) is 77.7 cm³/mol. The number of nitrogens with zero attached hydrogens (tertiary/aromatic N) is 2. The van der Waals surface area contributed by atoms with E-state index in [-0.39, 0.29) is 20.4 Å². The number of carbonyl (C=O) groups excluding carboxylic acids is 1. The van der Waals surface area contributed by atoms with E-state index in [2.05, 4.69) is 23.0 Å². The topological polar surface area (TPSA) is 67.1 Å². The molecule has 0 aromatic carbocycles. The molecule has 2 heterocycles. The van der Waals surface area contributed by atoms with Crippen molar-refractivity contribution in [2.24, 2.45) is 0 Å². The summed E-state index contributed by atoms with van der Waals surface area (Å²) in [5.74, 6) is -5.65. The Bertz CT molecular complexity index is 782. The molecule has 0 fully saturated rings. The maximum absolute atomic E-state index is 11.3. The summed E-state index contributed by atoms with van der Waals surface area (Å²) in [7, 11) is 0. The zero-order valence-electron chi connectivity index (χ0n) is 13.8. The van der Waals surface area contributed by atoms with Crippen molar-refractivity contribution in [1.29, 1.82) is 0 Å². The summed E-state index contributed by atoms with van der Waals surface area (Å²) < 4.78 is 67.8. The van der Waals surface area contributed by atoms with Crippen LogP contribution in [0.4, 0.5) is 26.3 Å². The average Bonchev–Trinajstić information content (AvgIpc) is 2.85. The van der Waals surface area contributed by atoms with E-state index in [1.165, 1.54) is 5.56 Å². The van der Waals surface area contributed by atoms with Gasteiger partial charge in [0.1, 0.15) is 0 Å². The molecule has 0 amide bonds. The number of halogens is 6. The molecule has 0 aliphatic carbocycles. The molecule has 0 radical (unpaired) electrons. The van der Waals surface area contributed by atoms with Gasteiger partial charge >= 0.3 is 32.8 Å². The van der Waals surface area contributed by atoms with Crippen LogP contribution in [0.3, 0.4) is 0 Å². The van der Waals surface area contributed by atoms with Crippen molar-refractivity contribution in [2.75, 3.05) is 0 Å². The minimum absolute atomic E-state index is 0. The fourth-order valence-corrected chi connectivity index (χ4v) is 1.72. The third kappa shape index (κ3) is 7.97. The van der Waals surface area contributed by atoms with E-state index in [0.29, 0.717) is 0 Å². The molecular formula is C16H12F6N2O2Pd. The molecule has 0 spiro atoms. The molecule has 0 unspecified atom stereocenters. The van der Waals surface area contributed by atoms with Gasteiger partial charge in [0.2, 0.25) is 0 Å². The van der Waals surface area contributed by atoms with Crippen LogP contribution in [0.5, 0.6) is 0 Å². The van der Waals surface area contributed by atoms with Crippen LogP contribution < -0.4 is 10.1 Å². The monoisotopic (exact) mass is 484 g/mol. The van der Waals surface area contributed by atoms with Crippen LogP contribution in [0.15, 0.2) is 42.3 Å². The van der Waals surface area contributed by atoms with Crippen molar-refractivity contribution in [1.82, 2.24) is 9.97 Å². The van der Waals surface area contributed by atoms with Crippen LogP contribution in [0.1, 0.15) is 11.3 Å². The van der Waals surface area contributed by atoms with E-state index in [4.69, 9.17) is 0 Å². The van der Waals surface area contributed by atoms with Crippen molar-refractivity contribution in [3.05, 3.63) is 53.6 Å². The molecule has 0 bridgehead atoms. The maximum Gasteiger partial charge on any atom is 2.00 e. The third-order valence-electron chi connectivity index (χ3n) is 2.82. The van der Waals surface area contributed by atoms with Crippen LogP contribution in [-0.4, -0.2) is 23.1 Å². The first-order valence-corrected chi connectivity index (χ1v) is 6.91. The molecule has 150 valence electrons. The number of hydrogen-bond acceptors (Lipinski definition) is 3. The molecule has 2 aromatic heterocycles. The molecule has 0 atom stereocenters. The summed E-state index contributed by atoms with van der Waals surface area (Å²) in [6.07, 6.45) is -10.2. The third-order valence-corrected chi connectivity index (χ3v) is 2.82. The Kier molecular flexibility index (Phi) is 8.95. The standard InChI is InChI=1S/C11H11N2.C5H2F6O2.Pd/c1-8-7-9(2)13-11(8)10-5-3-4-6-12-10;6-4(7,8)2(12)1-3(13)5(9,10)11;/h3-7H,1-2H3;1,12H;/q-1;;+2/p-1/b;2-1-;. The molecule has 2 aromatic rings. The van der Waals surface area contributed by atoms with E-state index >= 15 is 0 Å². The van der Waals surface area contributed by atoms with E-state index in [1.807, 2.05) is 25.1 Å². The van der Waals surface area contributed by atoms with Gasteiger partial charge in [0.15, 0.2) is 0 Å². The maximum atomic E-state index is 11.3. The van der Waals surface area contributed by atoms with Gasteiger partial charge in [-0.05, 0) is 30.9 Å². The number of hydrogen-bond donors (Lipinski definition) is 0. The van der Waals surface area contributed by atoms with Gasteiger partial charge < -0.3 is 10.1 Å². The molecule has 0 aliphatic rings. The summed E-state index contributed by atoms with van der Waals surface area (Å²) in [6, 6.07) is 7.94. The average molecular weight is 485 g/mol. The molecular weight excluding hydrogens is 473 g/mol. The zero-order valence-corrected chi connectivity index (χ0v) is 15.3. The van der Waals surface area contributed by atoms with Crippen LogP contribution >= 0.6 is 0 Å². The van der Waals surface area contributed by atoms with Crippen molar-refractivity contribution in [3.63, 3.8) is 0 Å². The summed E-state index contributed by atoms with van der Waals surface area (Å²) in [5, 5.41) is 9.82. The van der Waals surface area contributed by atoms with Crippen LogP contribution in [0, 0.1) is 13.8 Å². The van der Waals surface area contributed by atoms with E-state index < -0.39 is 30.0 Å². The second-order valence-electron chi connectivity index (χ2n) is 5.01. The summed E-state index contributed by atoms with van der Waals surface area (Å²) in [6.45, 7) is 4.06. The Hall–Kier alpha value is -2.12. The second-order valence-corrected chi connectivity index (χ2v) is 5.01. The molecule has 4 nitrogen and oxygen atoms in total. The Balaban J connectivity index is 0.000000483. The van der Waals surface area contributed by atoms with Gasteiger partial charge in [0, 0.05) is 11.9 Å². The first-order chi connectivity index (χ1) is 11.8. The number of rotatable bonds is 2. The van der Waals surface area contributed by atoms with Gasteiger partial charge in [0.05, 0.1) is 0 Å². The van der Waals surface area contributed by atoms with Crippen molar-refractivity contribution >= 4 is 5.78 Å². The summed E-state index contributed by atoms with van der Waals surface area (Å²) >= 11 is 0. The molecule has 0 saturated heterocycles. The fraction of sp³-hybridized carbons (Fsp3) is 0.250. The molecule has 0 saturated carbocycles. The zero-order chi connectivity index (χ0) is 20.1. The van der Waals surface area contributed by atoms with Gasteiger partial charge in [-0.25, -0.2) is 0 Å². The Labute approximate surface area is 164 Å². The Morgan fingerprint density at radius 3 is 2.07 bits per heavy atom. The first-order valence-electron chi connectivity index (χ1n) is 6.91. The number of aromatic nitrogens is 2. The predicted octanol–water partition coefficient (Wildman–Crippen LogP) is 3.24. The van der Waals surface area contributed by atoms with Crippen molar-refractivity contribution in [3.8, 4) is 11.4 Å². The number of pyridine rings is 1. The second kappa shape index (κ2) is 9.71. The SMILES string of the molecule is Cc1cc(C)c(-c2ccccn2)[n-]1.O=C(/C=C(\[O-])C(F)(F)F)C(F)(F)F.[Pd+2]. The number of alkyl halides is 6. The number of carbonyl (C=O) groups is 1. The van der Waals surface area contributed by atoms with Crippen molar-refractivity contribution < 1.29 is 56.7 Å². The normalized spacial score (nSPS) is 11.9. The minimum atomic E-state index is -5.46. The van der Waals surface area contributed by atoms with Crippen LogP contribution in [0.2, 0.25) is 0 Å².